The zero-order chi connectivity index (χ0) is 23.9. The zero-order valence-electron chi connectivity index (χ0n) is 20.0. The van der Waals surface area contributed by atoms with Crippen LogP contribution in [0.1, 0.15) is 29.7 Å². The first-order chi connectivity index (χ1) is 17.3. The summed E-state index contributed by atoms with van der Waals surface area (Å²) in [6.07, 6.45) is 2.05. The third kappa shape index (κ3) is 5.89. The number of fused-ring (bicyclic) bond motifs is 1. The minimum absolute atomic E-state index is 0.286. The van der Waals surface area contributed by atoms with Gasteiger partial charge in [0.25, 0.3) is 0 Å². The Morgan fingerprint density at radius 3 is 2.34 bits per heavy atom. The molecule has 0 aliphatic carbocycles. The SMILES string of the molecule is Cc1c(COc2cccc(OCC3CCOCC3)n2)nc2ccccc2c1OCc1ccccc1. The molecule has 4 aromatic rings. The maximum Gasteiger partial charge on any atom is 0.216 e. The largest absolute Gasteiger partial charge is 0.488 e. The summed E-state index contributed by atoms with van der Waals surface area (Å²) in [5.74, 6) is 2.42. The molecule has 0 atom stereocenters. The minimum atomic E-state index is 0.286. The van der Waals surface area contributed by atoms with Gasteiger partial charge in [-0.25, -0.2) is 4.98 Å². The standard InChI is InChI=1S/C29H30N2O4/c1-21-26(20-34-28-13-7-12-27(31-28)33-18-23-14-16-32-17-15-23)30-25-11-6-5-10-24(25)29(21)35-19-22-8-3-2-4-9-22/h2-13,23H,14-20H2,1H3. The molecule has 0 N–H and O–H groups in total. The molecule has 6 heteroatoms. The molecule has 5 rings (SSSR count). The average Bonchev–Trinajstić information content (AvgIpc) is 2.92. The van der Waals surface area contributed by atoms with E-state index < -0.39 is 0 Å². The Kier molecular flexibility index (Phi) is 7.39. The fourth-order valence-electron chi connectivity index (χ4n) is 4.20. The van der Waals surface area contributed by atoms with Gasteiger partial charge in [-0.05, 0) is 43.4 Å². The van der Waals surface area contributed by atoms with Crippen molar-refractivity contribution in [3.63, 3.8) is 0 Å². The predicted octanol–water partition coefficient (Wildman–Crippen LogP) is 5.90. The van der Waals surface area contributed by atoms with E-state index in [9.17, 15) is 0 Å². The third-order valence-electron chi connectivity index (χ3n) is 6.27. The first kappa shape index (κ1) is 23.1. The van der Waals surface area contributed by atoms with Gasteiger partial charge in [0.05, 0.1) is 17.8 Å². The second-order valence-corrected chi connectivity index (χ2v) is 8.77. The van der Waals surface area contributed by atoms with Crippen LogP contribution in [0.3, 0.4) is 0 Å². The van der Waals surface area contributed by atoms with Crippen LogP contribution in [0.5, 0.6) is 17.5 Å². The number of hydrogen-bond acceptors (Lipinski definition) is 6. The average molecular weight is 471 g/mol. The number of para-hydroxylation sites is 1. The Labute approximate surface area is 205 Å². The van der Waals surface area contributed by atoms with Gasteiger partial charge in [0.1, 0.15) is 19.0 Å². The van der Waals surface area contributed by atoms with Crippen LogP contribution < -0.4 is 14.2 Å². The topological polar surface area (TPSA) is 62.7 Å². The van der Waals surface area contributed by atoms with Gasteiger partial charge >= 0.3 is 0 Å². The lowest BCUT2D eigenvalue weighted by molar-refractivity contribution is 0.0489. The number of hydrogen-bond donors (Lipinski definition) is 0. The summed E-state index contributed by atoms with van der Waals surface area (Å²) in [7, 11) is 0. The fraction of sp³-hybridized carbons (Fsp3) is 0.310. The van der Waals surface area contributed by atoms with Gasteiger partial charge in [-0.3, -0.25) is 0 Å². The van der Waals surface area contributed by atoms with Crippen molar-refractivity contribution in [1.82, 2.24) is 9.97 Å². The molecule has 1 aliphatic heterocycles. The van der Waals surface area contributed by atoms with Crippen LogP contribution in [0.2, 0.25) is 0 Å². The molecule has 0 radical (unpaired) electrons. The molecule has 6 nitrogen and oxygen atoms in total. The summed E-state index contributed by atoms with van der Waals surface area (Å²) >= 11 is 0. The molecular weight excluding hydrogens is 440 g/mol. The van der Waals surface area contributed by atoms with Crippen LogP contribution in [0.25, 0.3) is 10.9 Å². The van der Waals surface area contributed by atoms with Gasteiger partial charge in [0.15, 0.2) is 0 Å². The molecule has 2 aromatic carbocycles. The highest BCUT2D eigenvalue weighted by Gasteiger charge is 2.16. The van der Waals surface area contributed by atoms with Crippen LogP contribution in [0, 0.1) is 12.8 Å². The molecule has 35 heavy (non-hydrogen) atoms. The number of rotatable bonds is 9. The maximum atomic E-state index is 6.30. The van der Waals surface area contributed by atoms with E-state index in [2.05, 4.69) is 17.1 Å². The first-order valence-electron chi connectivity index (χ1n) is 12.1. The molecule has 1 saturated heterocycles. The van der Waals surface area contributed by atoms with Crippen molar-refractivity contribution in [1.29, 1.82) is 0 Å². The van der Waals surface area contributed by atoms with Crippen molar-refractivity contribution in [3.05, 3.63) is 89.6 Å². The third-order valence-corrected chi connectivity index (χ3v) is 6.27. The molecule has 1 aliphatic rings. The molecule has 0 amide bonds. The molecule has 2 aromatic heterocycles. The highest BCUT2D eigenvalue weighted by Crippen LogP contribution is 2.31. The van der Waals surface area contributed by atoms with Gasteiger partial charge in [-0.2, -0.15) is 4.98 Å². The van der Waals surface area contributed by atoms with E-state index in [-0.39, 0.29) is 6.61 Å². The van der Waals surface area contributed by atoms with Gasteiger partial charge < -0.3 is 18.9 Å². The maximum absolute atomic E-state index is 6.30. The van der Waals surface area contributed by atoms with Crippen molar-refractivity contribution in [2.24, 2.45) is 5.92 Å². The summed E-state index contributed by atoms with van der Waals surface area (Å²) in [5.41, 5.74) is 3.78. The van der Waals surface area contributed by atoms with Crippen LogP contribution in [-0.2, 0) is 18.0 Å². The van der Waals surface area contributed by atoms with Crippen molar-refractivity contribution < 1.29 is 18.9 Å². The van der Waals surface area contributed by atoms with Crippen molar-refractivity contribution >= 4 is 10.9 Å². The summed E-state index contributed by atoms with van der Waals surface area (Å²) in [4.78, 5) is 9.38. The Balaban J connectivity index is 1.29. The lowest BCUT2D eigenvalue weighted by atomic mass is 10.0. The van der Waals surface area contributed by atoms with Crippen molar-refractivity contribution in [3.8, 4) is 17.5 Å². The van der Waals surface area contributed by atoms with Gasteiger partial charge in [0.2, 0.25) is 11.8 Å². The van der Waals surface area contributed by atoms with Gasteiger partial charge in [-0.1, -0.05) is 48.5 Å². The highest BCUT2D eigenvalue weighted by molar-refractivity contribution is 5.86. The van der Waals surface area contributed by atoms with Crippen molar-refractivity contribution in [2.45, 2.75) is 33.0 Å². The second kappa shape index (κ2) is 11.2. The molecular formula is C29H30N2O4. The van der Waals surface area contributed by atoms with Crippen molar-refractivity contribution in [2.75, 3.05) is 19.8 Å². The summed E-state index contributed by atoms with van der Waals surface area (Å²) < 4.78 is 23.7. The fourth-order valence-corrected chi connectivity index (χ4v) is 4.20. The Morgan fingerprint density at radius 1 is 0.771 bits per heavy atom. The number of nitrogens with zero attached hydrogens (tertiary/aromatic N) is 2. The predicted molar refractivity (Wildman–Crippen MR) is 135 cm³/mol. The van der Waals surface area contributed by atoms with E-state index in [1.165, 1.54) is 0 Å². The quantitative estimate of drug-likeness (QED) is 0.303. The molecule has 0 spiro atoms. The van der Waals surface area contributed by atoms with Gasteiger partial charge in [0, 0.05) is 36.3 Å². The minimum Gasteiger partial charge on any atom is -0.488 e. The van der Waals surface area contributed by atoms with E-state index in [1.54, 1.807) is 0 Å². The normalized spacial score (nSPS) is 14.1. The molecule has 0 unspecified atom stereocenters. The molecule has 0 saturated carbocycles. The number of aromatic nitrogens is 2. The van der Waals surface area contributed by atoms with Crippen LogP contribution >= 0.6 is 0 Å². The lowest BCUT2D eigenvalue weighted by Crippen LogP contribution is -2.21. The summed E-state index contributed by atoms with van der Waals surface area (Å²) in [6, 6.07) is 23.8. The molecule has 0 bridgehead atoms. The number of pyridine rings is 2. The smallest absolute Gasteiger partial charge is 0.216 e. The number of ether oxygens (including phenoxy) is 4. The Bertz CT molecular complexity index is 1260. The second-order valence-electron chi connectivity index (χ2n) is 8.77. The lowest BCUT2D eigenvalue weighted by Gasteiger charge is -2.21. The van der Waals surface area contributed by atoms with E-state index in [4.69, 9.17) is 23.9 Å². The number of benzene rings is 2. The molecule has 180 valence electrons. The van der Waals surface area contributed by atoms with E-state index in [0.717, 1.165) is 59.5 Å². The van der Waals surface area contributed by atoms with E-state index in [1.807, 2.05) is 67.6 Å². The highest BCUT2D eigenvalue weighted by atomic mass is 16.5. The summed E-state index contributed by atoms with van der Waals surface area (Å²) in [5, 5.41) is 0.992. The Morgan fingerprint density at radius 2 is 1.51 bits per heavy atom. The first-order valence-corrected chi connectivity index (χ1v) is 12.1. The van der Waals surface area contributed by atoms with Gasteiger partial charge in [-0.15, -0.1) is 0 Å². The Hall–Kier alpha value is -3.64. The van der Waals surface area contributed by atoms with Crippen LogP contribution in [0.4, 0.5) is 0 Å². The van der Waals surface area contributed by atoms with Crippen LogP contribution in [-0.4, -0.2) is 29.8 Å². The monoisotopic (exact) mass is 470 g/mol. The molecule has 1 fully saturated rings. The van der Waals surface area contributed by atoms with Crippen LogP contribution in [0.15, 0.2) is 72.8 Å². The molecule has 3 heterocycles. The zero-order valence-corrected chi connectivity index (χ0v) is 20.0. The summed E-state index contributed by atoms with van der Waals surface area (Å²) in [6.45, 7) is 5.06. The van der Waals surface area contributed by atoms with E-state index in [0.29, 0.717) is 30.9 Å². The van der Waals surface area contributed by atoms with E-state index >= 15 is 0 Å².